The van der Waals surface area contributed by atoms with Gasteiger partial charge in [0.15, 0.2) is 0 Å². The Morgan fingerprint density at radius 3 is 2.88 bits per heavy atom. The van der Waals surface area contributed by atoms with Crippen LogP contribution in [-0.2, 0) is 0 Å². The van der Waals surface area contributed by atoms with E-state index in [2.05, 4.69) is 15.3 Å². The first-order chi connectivity index (χ1) is 7.67. The minimum absolute atomic E-state index is 0.104. The minimum Gasteiger partial charge on any atom is -0.394 e. The molecule has 0 aliphatic heterocycles. The molecule has 0 spiro atoms. The van der Waals surface area contributed by atoms with E-state index in [9.17, 15) is 4.79 Å². The zero-order valence-electron chi connectivity index (χ0n) is 8.68. The van der Waals surface area contributed by atoms with E-state index in [0.29, 0.717) is 5.75 Å². The lowest BCUT2D eigenvalue weighted by Crippen LogP contribution is -2.39. The van der Waals surface area contributed by atoms with Gasteiger partial charge in [-0.05, 0) is 6.26 Å². The number of thioether (sulfide) groups is 1. The molecule has 1 heterocycles. The average molecular weight is 262 g/mol. The second kappa shape index (κ2) is 6.67. The summed E-state index contributed by atoms with van der Waals surface area (Å²) in [4.78, 5) is 19.2. The number of aliphatic hydroxyl groups is 1. The predicted octanol–water partition coefficient (Wildman–Crippen LogP) is 0.584. The zero-order chi connectivity index (χ0) is 12.0. The Bertz CT molecular complexity index is 347. The first kappa shape index (κ1) is 13.2. The molecule has 5 nitrogen and oxygen atoms in total. The number of aromatic nitrogens is 2. The molecule has 0 saturated heterocycles. The molecule has 0 bridgehead atoms. The second-order valence-corrected chi connectivity index (χ2v) is 4.33. The lowest BCUT2D eigenvalue weighted by atomic mass is 10.3. The number of hydrogen-bond donors (Lipinski definition) is 2. The van der Waals surface area contributed by atoms with Gasteiger partial charge in [0.1, 0.15) is 10.8 Å². The highest BCUT2D eigenvalue weighted by atomic mass is 35.5. The lowest BCUT2D eigenvalue weighted by molar-refractivity contribution is 0.0918. The predicted molar refractivity (Wildman–Crippen MR) is 63.8 cm³/mol. The van der Waals surface area contributed by atoms with Crippen molar-refractivity contribution in [3.8, 4) is 0 Å². The summed E-state index contributed by atoms with van der Waals surface area (Å²) >= 11 is 7.09. The van der Waals surface area contributed by atoms with Crippen molar-refractivity contribution in [1.29, 1.82) is 0 Å². The van der Waals surface area contributed by atoms with E-state index in [1.807, 2.05) is 6.26 Å². The molecular formula is C9H12ClN3O2S. The van der Waals surface area contributed by atoms with Gasteiger partial charge in [-0.25, -0.2) is 9.97 Å². The third-order valence-corrected chi connectivity index (χ3v) is 2.71. The van der Waals surface area contributed by atoms with Crippen LogP contribution in [0.5, 0.6) is 0 Å². The molecule has 88 valence electrons. The maximum absolute atomic E-state index is 11.6. The normalized spacial score (nSPS) is 12.2. The van der Waals surface area contributed by atoms with Gasteiger partial charge in [-0.15, -0.1) is 0 Å². The number of nitrogens with zero attached hydrogens (tertiary/aromatic N) is 2. The third-order valence-electron chi connectivity index (χ3n) is 1.78. The van der Waals surface area contributed by atoms with Crippen molar-refractivity contribution in [2.24, 2.45) is 0 Å². The highest BCUT2D eigenvalue weighted by Gasteiger charge is 2.13. The van der Waals surface area contributed by atoms with Gasteiger partial charge < -0.3 is 10.4 Å². The van der Waals surface area contributed by atoms with Crippen molar-refractivity contribution in [3.05, 3.63) is 23.2 Å². The van der Waals surface area contributed by atoms with Gasteiger partial charge in [-0.3, -0.25) is 4.79 Å². The van der Waals surface area contributed by atoms with Crippen molar-refractivity contribution in [1.82, 2.24) is 15.3 Å². The van der Waals surface area contributed by atoms with Gasteiger partial charge in [0.25, 0.3) is 5.91 Å². The fraction of sp³-hybridized carbons (Fsp3) is 0.444. The van der Waals surface area contributed by atoms with Gasteiger partial charge in [0, 0.05) is 5.75 Å². The molecule has 16 heavy (non-hydrogen) atoms. The molecule has 0 saturated carbocycles. The molecule has 0 aliphatic carbocycles. The Balaban J connectivity index is 2.60. The van der Waals surface area contributed by atoms with E-state index < -0.39 is 0 Å². The molecule has 2 N–H and O–H groups in total. The summed E-state index contributed by atoms with van der Waals surface area (Å²) in [6.07, 6.45) is 4.50. The molecule has 1 rings (SSSR count). The monoisotopic (exact) mass is 261 g/mol. The van der Waals surface area contributed by atoms with Crippen LogP contribution in [0.15, 0.2) is 12.4 Å². The maximum Gasteiger partial charge on any atom is 0.271 e. The molecule has 0 radical (unpaired) electrons. The van der Waals surface area contributed by atoms with Crippen molar-refractivity contribution in [2.75, 3.05) is 18.6 Å². The highest BCUT2D eigenvalue weighted by molar-refractivity contribution is 7.98. The molecule has 0 fully saturated rings. The molecule has 1 aromatic heterocycles. The quantitative estimate of drug-likeness (QED) is 0.811. The second-order valence-electron chi connectivity index (χ2n) is 3.03. The molecule has 1 unspecified atom stereocenters. The third kappa shape index (κ3) is 3.96. The number of halogens is 1. The number of hydrogen-bond acceptors (Lipinski definition) is 5. The number of amides is 1. The summed E-state index contributed by atoms with van der Waals surface area (Å²) in [5.41, 5.74) is 0.184. The summed E-state index contributed by atoms with van der Waals surface area (Å²) in [7, 11) is 0. The SMILES string of the molecule is CSCC(CO)NC(=O)c1cnc(Cl)cn1. The molecule has 1 amide bonds. The van der Waals surface area contributed by atoms with Crippen LogP contribution in [-0.4, -0.2) is 45.6 Å². The maximum atomic E-state index is 11.6. The van der Waals surface area contributed by atoms with Crippen LogP contribution in [0, 0.1) is 0 Å². The van der Waals surface area contributed by atoms with Gasteiger partial charge in [-0.1, -0.05) is 11.6 Å². The van der Waals surface area contributed by atoms with E-state index in [1.54, 1.807) is 11.8 Å². The Morgan fingerprint density at radius 1 is 1.62 bits per heavy atom. The highest BCUT2D eigenvalue weighted by Crippen LogP contribution is 2.02. The molecule has 1 aromatic rings. The molecule has 1 atom stereocenters. The number of carbonyl (C=O) groups excluding carboxylic acids is 1. The summed E-state index contributed by atoms with van der Waals surface area (Å²) < 4.78 is 0. The van der Waals surface area contributed by atoms with Crippen LogP contribution < -0.4 is 5.32 Å². The van der Waals surface area contributed by atoms with E-state index in [-0.39, 0.29) is 29.4 Å². The number of rotatable bonds is 5. The largest absolute Gasteiger partial charge is 0.394 e. The fourth-order valence-corrected chi connectivity index (χ4v) is 1.72. The van der Waals surface area contributed by atoms with E-state index >= 15 is 0 Å². The van der Waals surface area contributed by atoms with Crippen molar-refractivity contribution >= 4 is 29.3 Å². The van der Waals surface area contributed by atoms with Gasteiger partial charge >= 0.3 is 0 Å². The molecule has 7 heteroatoms. The van der Waals surface area contributed by atoms with Crippen LogP contribution in [0.25, 0.3) is 0 Å². The average Bonchev–Trinajstić information content (AvgIpc) is 2.29. The first-order valence-electron chi connectivity index (χ1n) is 4.55. The standard InChI is InChI=1S/C9H12ClN3O2S/c1-16-5-6(4-14)13-9(15)7-2-12-8(10)3-11-7/h2-3,6,14H,4-5H2,1H3,(H,13,15). The van der Waals surface area contributed by atoms with Gasteiger partial charge in [0.05, 0.1) is 25.0 Å². The Kier molecular flexibility index (Phi) is 5.51. The Morgan fingerprint density at radius 2 is 2.38 bits per heavy atom. The summed E-state index contributed by atoms with van der Waals surface area (Å²) in [6.45, 7) is -0.104. The van der Waals surface area contributed by atoms with Crippen LogP contribution in [0.4, 0.5) is 0 Å². The van der Waals surface area contributed by atoms with E-state index in [0.717, 1.165) is 0 Å². The summed E-state index contributed by atoms with van der Waals surface area (Å²) in [6, 6.07) is -0.278. The fourth-order valence-electron chi connectivity index (χ4n) is 1.03. The smallest absolute Gasteiger partial charge is 0.271 e. The molecular weight excluding hydrogens is 250 g/mol. The lowest BCUT2D eigenvalue weighted by Gasteiger charge is -2.14. The molecule has 0 aliphatic rings. The van der Waals surface area contributed by atoms with Gasteiger partial charge in [-0.2, -0.15) is 11.8 Å². The van der Waals surface area contributed by atoms with Gasteiger partial charge in [0.2, 0.25) is 0 Å². The summed E-state index contributed by atoms with van der Waals surface area (Å²) in [5.74, 6) is 0.278. The minimum atomic E-state index is -0.364. The number of aliphatic hydroxyl groups excluding tert-OH is 1. The zero-order valence-corrected chi connectivity index (χ0v) is 10.3. The Hall–Kier alpha value is -0.850. The van der Waals surface area contributed by atoms with Crippen LogP contribution in [0.2, 0.25) is 5.15 Å². The van der Waals surface area contributed by atoms with Crippen molar-refractivity contribution in [3.63, 3.8) is 0 Å². The topological polar surface area (TPSA) is 75.1 Å². The van der Waals surface area contributed by atoms with Crippen molar-refractivity contribution in [2.45, 2.75) is 6.04 Å². The first-order valence-corrected chi connectivity index (χ1v) is 6.32. The number of carbonyl (C=O) groups is 1. The summed E-state index contributed by atoms with van der Waals surface area (Å²) in [5, 5.41) is 11.9. The van der Waals surface area contributed by atoms with Crippen molar-refractivity contribution < 1.29 is 9.90 Å². The van der Waals surface area contributed by atoms with E-state index in [1.165, 1.54) is 12.4 Å². The van der Waals surface area contributed by atoms with Crippen LogP contribution >= 0.6 is 23.4 Å². The van der Waals surface area contributed by atoms with Crippen LogP contribution in [0.3, 0.4) is 0 Å². The van der Waals surface area contributed by atoms with Crippen LogP contribution in [0.1, 0.15) is 10.5 Å². The van der Waals surface area contributed by atoms with E-state index in [4.69, 9.17) is 16.7 Å². The number of nitrogens with one attached hydrogen (secondary N) is 1. The molecule has 0 aromatic carbocycles. The Labute approximate surface area is 103 Å².